The number of hydrogen-bond acceptors (Lipinski definition) is 6. The van der Waals surface area contributed by atoms with Gasteiger partial charge >= 0.3 is 5.97 Å². The van der Waals surface area contributed by atoms with Crippen LogP contribution < -0.4 is 5.32 Å². The van der Waals surface area contributed by atoms with E-state index in [4.69, 9.17) is 5.11 Å². The number of imide groups is 1. The van der Waals surface area contributed by atoms with Gasteiger partial charge in [-0.3, -0.25) is 19.3 Å². The maximum Gasteiger partial charge on any atom is 0.339 e. The SMILES string of the molecule is O=C(CN1C(=O)SC(=CC=Cc2ccccc2)C1=O)Nc1ccc(C(=O)O)c(O)c1. The van der Waals surface area contributed by atoms with Gasteiger partial charge in [0.05, 0.1) is 4.91 Å². The lowest BCUT2D eigenvalue weighted by Crippen LogP contribution is -2.36. The summed E-state index contributed by atoms with van der Waals surface area (Å²) in [5.74, 6) is -3.07. The van der Waals surface area contributed by atoms with E-state index in [9.17, 15) is 24.3 Å². The molecule has 3 amide bonds. The first-order chi connectivity index (χ1) is 14.3. The van der Waals surface area contributed by atoms with Gasteiger partial charge in [0, 0.05) is 11.8 Å². The monoisotopic (exact) mass is 424 g/mol. The Morgan fingerprint density at radius 2 is 1.83 bits per heavy atom. The number of rotatable bonds is 6. The smallest absolute Gasteiger partial charge is 0.339 e. The van der Waals surface area contributed by atoms with Gasteiger partial charge in [-0.1, -0.05) is 42.5 Å². The third kappa shape index (κ3) is 4.95. The van der Waals surface area contributed by atoms with Crippen molar-refractivity contribution in [3.05, 3.63) is 76.7 Å². The highest BCUT2D eigenvalue weighted by Crippen LogP contribution is 2.30. The number of carboxylic acid groups (broad SMARTS) is 1. The molecule has 0 aromatic heterocycles. The summed E-state index contributed by atoms with van der Waals surface area (Å²) < 4.78 is 0. The van der Waals surface area contributed by atoms with Crippen molar-refractivity contribution >= 4 is 46.5 Å². The molecule has 0 radical (unpaired) electrons. The van der Waals surface area contributed by atoms with E-state index in [2.05, 4.69) is 5.32 Å². The molecule has 1 heterocycles. The summed E-state index contributed by atoms with van der Waals surface area (Å²) in [4.78, 5) is 48.6. The lowest BCUT2D eigenvalue weighted by molar-refractivity contribution is -0.127. The molecule has 1 fully saturated rings. The fraction of sp³-hybridized carbons (Fsp3) is 0.0476. The van der Waals surface area contributed by atoms with Crippen molar-refractivity contribution in [3.63, 3.8) is 0 Å². The van der Waals surface area contributed by atoms with Crippen molar-refractivity contribution in [3.8, 4) is 5.75 Å². The summed E-state index contributed by atoms with van der Waals surface area (Å²) in [6, 6.07) is 12.9. The van der Waals surface area contributed by atoms with Crippen molar-refractivity contribution in [2.24, 2.45) is 0 Å². The van der Waals surface area contributed by atoms with E-state index in [1.54, 1.807) is 12.2 Å². The Morgan fingerprint density at radius 3 is 2.50 bits per heavy atom. The van der Waals surface area contributed by atoms with E-state index in [0.29, 0.717) is 0 Å². The normalized spacial score (nSPS) is 15.2. The molecule has 0 atom stereocenters. The second-order valence-electron chi connectivity index (χ2n) is 6.15. The van der Waals surface area contributed by atoms with Crippen LogP contribution in [0.25, 0.3) is 6.08 Å². The largest absolute Gasteiger partial charge is 0.507 e. The number of benzene rings is 2. The average molecular weight is 424 g/mol. The van der Waals surface area contributed by atoms with Gasteiger partial charge in [0.2, 0.25) is 5.91 Å². The number of thioether (sulfide) groups is 1. The molecule has 0 aliphatic carbocycles. The van der Waals surface area contributed by atoms with Crippen LogP contribution in [0, 0.1) is 0 Å². The second kappa shape index (κ2) is 9.10. The standard InChI is InChI=1S/C21H16N2O6S/c24-16-11-14(9-10-15(16)20(27)28)22-18(25)12-23-19(26)17(30-21(23)29)8-4-7-13-5-2-1-3-6-13/h1-11,24H,12H2,(H,22,25)(H,27,28). The summed E-state index contributed by atoms with van der Waals surface area (Å²) in [6.45, 7) is -0.508. The number of nitrogens with zero attached hydrogens (tertiary/aromatic N) is 1. The Morgan fingerprint density at radius 1 is 1.10 bits per heavy atom. The van der Waals surface area contributed by atoms with E-state index >= 15 is 0 Å². The van der Waals surface area contributed by atoms with Crippen LogP contribution in [-0.4, -0.2) is 44.7 Å². The van der Waals surface area contributed by atoms with E-state index in [1.807, 2.05) is 30.3 Å². The fourth-order valence-corrected chi connectivity index (χ4v) is 3.39. The van der Waals surface area contributed by atoms with Gasteiger partial charge in [0.25, 0.3) is 11.1 Å². The first kappa shape index (κ1) is 20.9. The van der Waals surface area contributed by atoms with Gasteiger partial charge in [-0.15, -0.1) is 0 Å². The third-order valence-electron chi connectivity index (χ3n) is 4.02. The number of nitrogens with one attached hydrogen (secondary N) is 1. The topological polar surface area (TPSA) is 124 Å². The number of anilines is 1. The minimum atomic E-state index is -1.31. The molecule has 30 heavy (non-hydrogen) atoms. The van der Waals surface area contributed by atoms with Crippen LogP contribution in [0.4, 0.5) is 10.5 Å². The Balaban J connectivity index is 1.63. The number of aromatic carboxylic acids is 1. The predicted octanol–water partition coefficient (Wildman–Crippen LogP) is 3.32. The number of phenols is 1. The molecular formula is C21H16N2O6S. The minimum Gasteiger partial charge on any atom is -0.507 e. The molecule has 1 saturated heterocycles. The molecule has 1 aliphatic heterocycles. The lowest BCUT2D eigenvalue weighted by Gasteiger charge is -2.12. The van der Waals surface area contributed by atoms with Crippen LogP contribution in [0.2, 0.25) is 0 Å². The quantitative estimate of drug-likeness (QED) is 0.608. The van der Waals surface area contributed by atoms with Gasteiger partial charge in [0.1, 0.15) is 17.9 Å². The fourth-order valence-electron chi connectivity index (χ4n) is 2.60. The van der Waals surface area contributed by atoms with Crippen molar-refractivity contribution in [1.29, 1.82) is 0 Å². The first-order valence-electron chi connectivity index (χ1n) is 8.68. The highest BCUT2D eigenvalue weighted by Gasteiger charge is 2.36. The van der Waals surface area contributed by atoms with Crippen LogP contribution in [0.15, 0.2) is 65.6 Å². The molecule has 2 aromatic rings. The predicted molar refractivity (Wildman–Crippen MR) is 112 cm³/mol. The number of allylic oxidation sites excluding steroid dienone is 2. The van der Waals surface area contributed by atoms with E-state index in [0.717, 1.165) is 34.4 Å². The Bertz CT molecular complexity index is 1080. The molecule has 0 unspecified atom stereocenters. The molecule has 2 aromatic carbocycles. The van der Waals surface area contributed by atoms with E-state index in [1.165, 1.54) is 12.1 Å². The molecule has 3 rings (SSSR count). The van der Waals surface area contributed by atoms with Crippen LogP contribution in [0.5, 0.6) is 5.75 Å². The van der Waals surface area contributed by atoms with Crippen molar-refractivity contribution < 1.29 is 29.4 Å². The first-order valence-corrected chi connectivity index (χ1v) is 9.50. The molecule has 8 nitrogen and oxygen atoms in total. The van der Waals surface area contributed by atoms with Gasteiger partial charge in [-0.25, -0.2) is 4.79 Å². The summed E-state index contributed by atoms with van der Waals surface area (Å²) in [7, 11) is 0. The van der Waals surface area contributed by atoms with Gasteiger partial charge in [-0.05, 0) is 35.5 Å². The maximum absolute atomic E-state index is 12.4. The molecule has 0 saturated carbocycles. The Labute approximate surface area is 175 Å². The summed E-state index contributed by atoms with van der Waals surface area (Å²) in [6.07, 6.45) is 4.95. The zero-order valence-corrected chi connectivity index (χ0v) is 16.3. The minimum absolute atomic E-state index is 0.135. The van der Waals surface area contributed by atoms with Gasteiger partial charge < -0.3 is 15.5 Å². The Hall–Kier alpha value is -3.85. The number of hydrogen-bond donors (Lipinski definition) is 3. The van der Waals surface area contributed by atoms with Crippen molar-refractivity contribution in [2.45, 2.75) is 0 Å². The number of carbonyl (C=O) groups excluding carboxylic acids is 3. The molecular weight excluding hydrogens is 408 g/mol. The van der Waals surface area contributed by atoms with Crippen LogP contribution in [0.3, 0.4) is 0 Å². The second-order valence-corrected chi connectivity index (χ2v) is 7.14. The zero-order valence-electron chi connectivity index (χ0n) is 15.4. The van der Waals surface area contributed by atoms with Crippen molar-refractivity contribution in [1.82, 2.24) is 4.90 Å². The summed E-state index contributed by atoms with van der Waals surface area (Å²) in [5.41, 5.74) is 0.757. The van der Waals surface area contributed by atoms with Crippen LogP contribution in [0.1, 0.15) is 15.9 Å². The van der Waals surface area contributed by atoms with Crippen LogP contribution in [-0.2, 0) is 9.59 Å². The highest BCUT2D eigenvalue weighted by molar-refractivity contribution is 8.18. The molecule has 0 bridgehead atoms. The van der Waals surface area contributed by atoms with E-state index < -0.39 is 35.3 Å². The summed E-state index contributed by atoms with van der Waals surface area (Å²) >= 11 is 0.735. The van der Waals surface area contributed by atoms with Gasteiger partial charge in [-0.2, -0.15) is 0 Å². The lowest BCUT2D eigenvalue weighted by atomic mass is 10.2. The highest BCUT2D eigenvalue weighted by atomic mass is 32.2. The van der Waals surface area contributed by atoms with Crippen molar-refractivity contribution in [2.75, 3.05) is 11.9 Å². The molecule has 9 heteroatoms. The van der Waals surface area contributed by atoms with Crippen LogP contribution >= 0.6 is 11.8 Å². The van der Waals surface area contributed by atoms with E-state index in [-0.39, 0.29) is 16.2 Å². The molecule has 152 valence electrons. The molecule has 3 N–H and O–H groups in total. The number of amides is 3. The van der Waals surface area contributed by atoms with Gasteiger partial charge in [0.15, 0.2) is 0 Å². The average Bonchev–Trinajstić information content (AvgIpc) is 2.96. The number of aromatic hydroxyl groups is 1. The molecule has 0 spiro atoms. The maximum atomic E-state index is 12.4. The number of carbonyl (C=O) groups is 4. The summed E-state index contributed by atoms with van der Waals surface area (Å²) in [5, 5.41) is 20.4. The Kier molecular flexibility index (Phi) is 6.33. The third-order valence-corrected chi connectivity index (χ3v) is 4.95. The molecule has 1 aliphatic rings. The zero-order chi connectivity index (χ0) is 21.7. The number of carboxylic acids is 1.